The second-order valence-electron chi connectivity index (χ2n) is 3.52. The molecule has 2 N–H and O–H groups in total. The second-order valence-corrected chi connectivity index (χ2v) is 3.92. The summed E-state index contributed by atoms with van der Waals surface area (Å²) >= 11 is 6.00. The molecule has 1 aromatic carbocycles. The third kappa shape index (κ3) is 5.56. The van der Waals surface area contributed by atoms with E-state index in [1.54, 1.807) is 7.11 Å². The van der Waals surface area contributed by atoms with E-state index >= 15 is 0 Å². The number of urea groups is 1. The summed E-state index contributed by atoms with van der Waals surface area (Å²) in [4.78, 5) is 11.3. The highest BCUT2D eigenvalue weighted by molar-refractivity contribution is 6.31. The molecule has 1 aromatic rings. The van der Waals surface area contributed by atoms with Gasteiger partial charge < -0.3 is 15.4 Å². The number of methoxy groups -OCH3 is 1. The number of hydrogen-bond donors (Lipinski definition) is 2. The average Bonchev–Trinajstić information content (AvgIpc) is 2.32. The molecule has 2 amide bonds. The number of halogens is 1. The molecule has 94 valence electrons. The number of nitrogens with one attached hydrogen (secondary N) is 2. The summed E-state index contributed by atoms with van der Waals surface area (Å²) < 4.78 is 4.82. The molecule has 17 heavy (non-hydrogen) atoms. The van der Waals surface area contributed by atoms with E-state index in [4.69, 9.17) is 16.3 Å². The molecule has 0 fully saturated rings. The third-order valence-electron chi connectivity index (χ3n) is 2.23. The minimum Gasteiger partial charge on any atom is -0.383 e. The summed E-state index contributed by atoms with van der Waals surface area (Å²) in [6.07, 6.45) is 0.720. The predicted molar refractivity (Wildman–Crippen MR) is 68.4 cm³/mol. The molecule has 5 heteroatoms. The highest BCUT2D eigenvalue weighted by atomic mass is 35.5. The van der Waals surface area contributed by atoms with Crippen LogP contribution < -0.4 is 10.6 Å². The van der Waals surface area contributed by atoms with Crippen LogP contribution in [-0.2, 0) is 11.2 Å². The molecule has 0 bridgehead atoms. The quantitative estimate of drug-likeness (QED) is 0.763. The van der Waals surface area contributed by atoms with Crippen LogP contribution in [0.3, 0.4) is 0 Å². The van der Waals surface area contributed by atoms with Crippen molar-refractivity contribution in [3.63, 3.8) is 0 Å². The molecule has 0 atom stereocenters. The van der Waals surface area contributed by atoms with Crippen LogP contribution in [0.5, 0.6) is 0 Å². The fourth-order valence-electron chi connectivity index (χ4n) is 1.34. The number of rotatable bonds is 6. The van der Waals surface area contributed by atoms with Gasteiger partial charge in [0.25, 0.3) is 0 Å². The largest absolute Gasteiger partial charge is 0.383 e. The van der Waals surface area contributed by atoms with Gasteiger partial charge in [-0.15, -0.1) is 0 Å². The van der Waals surface area contributed by atoms with E-state index in [-0.39, 0.29) is 6.03 Å². The first-order valence-electron chi connectivity index (χ1n) is 5.48. The van der Waals surface area contributed by atoms with Crippen molar-refractivity contribution in [1.82, 2.24) is 10.6 Å². The van der Waals surface area contributed by atoms with Crippen molar-refractivity contribution >= 4 is 17.6 Å². The summed E-state index contributed by atoms with van der Waals surface area (Å²) in [5.41, 5.74) is 1.03. The Kier molecular flexibility index (Phi) is 6.43. The maximum absolute atomic E-state index is 11.3. The molecule has 0 spiro atoms. The van der Waals surface area contributed by atoms with Gasteiger partial charge in [-0.1, -0.05) is 29.8 Å². The van der Waals surface area contributed by atoms with Crippen molar-refractivity contribution < 1.29 is 9.53 Å². The van der Waals surface area contributed by atoms with E-state index in [0.29, 0.717) is 19.7 Å². The van der Waals surface area contributed by atoms with E-state index in [9.17, 15) is 4.79 Å². The monoisotopic (exact) mass is 256 g/mol. The topological polar surface area (TPSA) is 50.4 Å². The summed E-state index contributed by atoms with van der Waals surface area (Å²) in [7, 11) is 1.59. The Balaban J connectivity index is 2.19. The number of amides is 2. The van der Waals surface area contributed by atoms with Crippen LogP contribution in [0.1, 0.15) is 5.56 Å². The van der Waals surface area contributed by atoms with Gasteiger partial charge in [-0.2, -0.15) is 0 Å². The minimum absolute atomic E-state index is 0.186. The lowest BCUT2D eigenvalue weighted by atomic mass is 10.1. The predicted octanol–water partition coefficient (Wildman–Crippen LogP) is 1.83. The lowest BCUT2D eigenvalue weighted by Gasteiger charge is -2.07. The van der Waals surface area contributed by atoms with Gasteiger partial charge in [0.05, 0.1) is 6.61 Å². The van der Waals surface area contributed by atoms with Crippen LogP contribution in [-0.4, -0.2) is 32.8 Å². The molecule has 0 unspecified atom stereocenters. The molecule has 4 nitrogen and oxygen atoms in total. The third-order valence-corrected chi connectivity index (χ3v) is 2.60. The van der Waals surface area contributed by atoms with E-state index in [1.165, 1.54) is 0 Å². The summed E-state index contributed by atoms with van der Waals surface area (Å²) in [6, 6.07) is 7.42. The van der Waals surface area contributed by atoms with E-state index in [2.05, 4.69) is 10.6 Å². The number of carbonyl (C=O) groups is 1. The summed E-state index contributed by atoms with van der Waals surface area (Å²) in [5, 5.41) is 6.16. The molecule has 0 heterocycles. The number of carbonyl (C=O) groups excluding carboxylic acids is 1. The van der Waals surface area contributed by atoms with Crippen molar-refractivity contribution in [2.24, 2.45) is 0 Å². The molecule has 0 radical (unpaired) electrons. The van der Waals surface area contributed by atoms with Crippen LogP contribution in [0.2, 0.25) is 5.02 Å². The number of ether oxygens (including phenoxy) is 1. The smallest absolute Gasteiger partial charge is 0.314 e. The van der Waals surface area contributed by atoms with Crippen LogP contribution in [0, 0.1) is 0 Å². The van der Waals surface area contributed by atoms with Gasteiger partial charge in [-0.3, -0.25) is 0 Å². The van der Waals surface area contributed by atoms with Crippen molar-refractivity contribution in [1.29, 1.82) is 0 Å². The average molecular weight is 257 g/mol. The zero-order valence-corrected chi connectivity index (χ0v) is 10.6. The fourth-order valence-corrected chi connectivity index (χ4v) is 1.57. The highest BCUT2D eigenvalue weighted by Crippen LogP contribution is 2.14. The molecular formula is C12H17ClN2O2. The SMILES string of the molecule is COCCNC(=O)NCCc1ccccc1Cl. The fraction of sp³-hybridized carbons (Fsp3) is 0.417. The van der Waals surface area contributed by atoms with Gasteiger partial charge in [0.2, 0.25) is 0 Å². The zero-order chi connectivity index (χ0) is 12.5. The Morgan fingerprint density at radius 2 is 2.00 bits per heavy atom. The highest BCUT2D eigenvalue weighted by Gasteiger charge is 2.01. The normalized spacial score (nSPS) is 10.0. The molecular weight excluding hydrogens is 240 g/mol. The lowest BCUT2D eigenvalue weighted by molar-refractivity contribution is 0.196. The first-order chi connectivity index (χ1) is 8.24. The molecule has 0 aromatic heterocycles. The van der Waals surface area contributed by atoms with Gasteiger partial charge in [0, 0.05) is 25.2 Å². The van der Waals surface area contributed by atoms with E-state index < -0.39 is 0 Å². The maximum Gasteiger partial charge on any atom is 0.314 e. The number of hydrogen-bond acceptors (Lipinski definition) is 2. The maximum atomic E-state index is 11.3. The van der Waals surface area contributed by atoms with Crippen molar-refractivity contribution in [2.45, 2.75) is 6.42 Å². The molecule has 0 aliphatic carbocycles. The molecule has 0 aliphatic heterocycles. The van der Waals surface area contributed by atoms with Crippen LogP contribution in [0.15, 0.2) is 24.3 Å². The van der Waals surface area contributed by atoms with Crippen molar-refractivity contribution in [3.05, 3.63) is 34.9 Å². The first kappa shape index (κ1) is 13.8. The molecule has 0 aliphatic rings. The Bertz CT molecular complexity index is 358. The molecule has 0 saturated carbocycles. The Morgan fingerprint density at radius 3 is 2.71 bits per heavy atom. The van der Waals surface area contributed by atoms with Gasteiger partial charge >= 0.3 is 6.03 Å². The Labute approximate surface area is 106 Å². The lowest BCUT2D eigenvalue weighted by Crippen LogP contribution is -2.38. The summed E-state index contributed by atoms with van der Waals surface area (Å²) in [6.45, 7) is 1.58. The van der Waals surface area contributed by atoms with Crippen molar-refractivity contribution in [3.8, 4) is 0 Å². The van der Waals surface area contributed by atoms with Gasteiger partial charge in [0.15, 0.2) is 0 Å². The van der Waals surface area contributed by atoms with Crippen LogP contribution in [0.25, 0.3) is 0 Å². The second kappa shape index (κ2) is 7.92. The Morgan fingerprint density at radius 1 is 1.29 bits per heavy atom. The van der Waals surface area contributed by atoms with Crippen LogP contribution in [0.4, 0.5) is 4.79 Å². The van der Waals surface area contributed by atoms with E-state index in [0.717, 1.165) is 17.0 Å². The molecule has 0 saturated heterocycles. The van der Waals surface area contributed by atoms with Gasteiger partial charge in [0.1, 0.15) is 0 Å². The van der Waals surface area contributed by atoms with E-state index in [1.807, 2.05) is 24.3 Å². The minimum atomic E-state index is -0.186. The molecule has 1 rings (SSSR count). The first-order valence-corrected chi connectivity index (χ1v) is 5.86. The van der Waals surface area contributed by atoms with Crippen molar-refractivity contribution in [2.75, 3.05) is 26.8 Å². The standard InChI is InChI=1S/C12H17ClN2O2/c1-17-9-8-15-12(16)14-7-6-10-4-2-3-5-11(10)13/h2-5H,6-9H2,1H3,(H2,14,15,16). The van der Waals surface area contributed by atoms with Gasteiger partial charge in [-0.25, -0.2) is 4.79 Å². The summed E-state index contributed by atoms with van der Waals surface area (Å²) in [5.74, 6) is 0. The number of benzene rings is 1. The van der Waals surface area contributed by atoms with Gasteiger partial charge in [-0.05, 0) is 18.1 Å². The Hall–Kier alpha value is -1.26. The van der Waals surface area contributed by atoms with Crippen LogP contribution >= 0.6 is 11.6 Å². The zero-order valence-electron chi connectivity index (χ0n) is 9.83.